The van der Waals surface area contributed by atoms with Crippen molar-refractivity contribution in [1.82, 2.24) is 5.32 Å². The van der Waals surface area contributed by atoms with Gasteiger partial charge in [-0.2, -0.15) is 0 Å². The van der Waals surface area contributed by atoms with Crippen LogP contribution < -0.4 is 5.32 Å². The third kappa shape index (κ3) is 5.82. The fourth-order valence-electron chi connectivity index (χ4n) is 9.33. The van der Waals surface area contributed by atoms with E-state index in [1.54, 1.807) is 0 Å². The van der Waals surface area contributed by atoms with Crippen molar-refractivity contribution in [3.63, 3.8) is 0 Å². The van der Waals surface area contributed by atoms with Crippen molar-refractivity contribution < 1.29 is 0 Å². The van der Waals surface area contributed by atoms with Crippen LogP contribution in [0.2, 0.25) is 0 Å². The van der Waals surface area contributed by atoms with E-state index in [9.17, 15) is 0 Å². The van der Waals surface area contributed by atoms with Crippen LogP contribution >= 0.6 is 0 Å². The molecule has 1 aliphatic heterocycles. The fraction of sp³-hybridized carbons (Fsp3) is 0.0357. The SMILES string of the molecule is c1ccc(C2=NC(c3ccc(-c4ccccc4)cc3)=NC(c3ccc4c(c3)C(c3ccccc3)(c3ccccc3)c3c-4c(-c4ccccc4)cc4ccccc34)N2)cc1. The number of rotatable bonds is 7. The summed E-state index contributed by atoms with van der Waals surface area (Å²) in [6.07, 6.45) is -0.393. The van der Waals surface area contributed by atoms with Crippen LogP contribution in [0.5, 0.6) is 0 Å². The largest absolute Gasteiger partial charge is 0.344 e. The molecule has 0 fully saturated rings. The maximum absolute atomic E-state index is 5.40. The molecule has 2 aliphatic rings. The molecule has 0 bridgehead atoms. The van der Waals surface area contributed by atoms with E-state index in [-0.39, 0.29) is 0 Å². The number of aliphatic imine (C=N–C) groups is 2. The minimum absolute atomic E-state index is 0.393. The summed E-state index contributed by atoms with van der Waals surface area (Å²) in [5.74, 6) is 1.50. The minimum atomic E-state index is -0.627. The van der Waals surface area contributed by atoms with E-state index in [1.807, 2.05) is 12.1 Å². The second-order valence-corrected chi connectivity index (χ2v) is 15.3. The Kier molecular flexibility index (Phi) is 8.45. The lowest BCUT2D eigenvalue weighted by Gasteiger charge is -2.35. The summed E-state index contributed by atoms with van der Waals surface area (Å²) in [6.45, 7) is 0. The van der Waals surface area contributed by atoms with E-state index < -0.39 is 11.6 Å². The summed E-state index contributed by atoms with van der Waals surface area (Å²) in [4.78, 5) is 10.6. The molecule has 0 saturated heterocycles. The van der Waals surface area contributed by atoms with Gasteiger partial charge in [0.15, 0.2) is 5.84 Å². The van der Waals surface area contributed by atoms with E-state index in [2.05, 4.69) is 218 Å². The van der Waals surface area contributed by atoms with E-state index in [0.29, 0.717) is 5.84 Å². The topological polar surface area (TPSA) is 36.8 Å². The third-order valence-electron chi connectivity index (χ3n) is 12.0. The summed E-state index contributed by atoms with van der Waals surface area (Å²) in [5, 5.41) is 6.24. The molecule has 11 rings (SSSR count). The minimum Gasteiger partial charge on any atom is -0.344 e. The third-order valence-corrected chi connectivity index (χ3v) is 12.0. The molecule has 1 N–H and O–H groups in total. The quantitative estimate of drug-likeness (QED) is 0.173. The van der Waals surface area contributed by atoms with Crippen molar-refractivity contribution in [2.24, 2.45) is 9.98 Å². The molecule has 9 aromatic rings. The Bertz CT molecular complexity index is 2990. The molecule has 1 aliphatic carbocycles. The predicted octanol–water partition coefficient (Wildman–Crippen LogP) is 13.0. The van der Waals surface area contributed by atoms with Crippen molar-refractivity contribution in [2.45, 2.75) is 11.6 Å². The highest BCUT2D eigenvalue weighted by atomic mass is 15.2. The van der Waals surface area contributed by atoms with Crippen LogP contribution in [0.15, 0.2) is 234 Å². The summed E-state index contributed by atoms with van der Waals surface area (Å²) < 4.78 is 0. The first-order valence-corrected chi connectivity index (χ1v) is 20.3. The van der Waals surface area contributed by atoms with Gasteiger partial charge in [-0.25, -0.2) is 9.98 Å². The standard InChI is InChI=1S/C56H39N3/c1-6-18-38(19-7-1)39-30-32-42(33-31-39)54-57-53(41-22-10-3-11-23-41)58-55(59-54)44-34-35-48-50(37-44)56(45-25-12-4-13-26-45,46-27-14-5-15-28-46)52-47-29-17-16-24-43(47)36-49(51(48)52)40-20-8-2-9-21-40/h1-37,55H,(H,57,58,59). The Labute approximate surface area is 344 Å². The molecule has 0 radical (unpaired) electrons. The van der Waals surface area contributed by atoms with Gasteiger partial charge in [-0.3, -0.25) is 0 Å². The molecule has 0 amide bonds. The summed E-state index contributed by atoms with van der Waals surface area (Å²) >= 11 is 0. The zero-order valence-electron chi connectivity index (χ0n) is 32.3. The number of nitrogens with one attached hydrogen (secondary N) is 1. The molecule has 278 valence electrons. The van der Waals surface area contributed by atoms with Gasteiger partial charge in [0.05, 0.1) is 5.41 Å². The monoisotopic (exact) mass is 753 g/mol. The average molecular weight is 754 g/mol. The Balaban J connectivity index is 1.16. The maximum atomic E-state index is 5.40. The highest BCUT2D eigenvalue weighted by Gasteiger charge is 2.48. The van der Waals surface area contributed by atoms with E-state index in [1.165, 1.54) is 60.8 Å². The Morgan fingerprint density at radius 2 is 0.949 bits per heavy atom. The first-order chi connectivity index (χ1) is 29.3. The van der Waals surface area contributed by atoms with Gasteiger partial charge in [0, 0.05) is 11.1 Å². The molecule has 1 heterocycles. The number of fused-ring (bicyclic) bond motifs is 5. The highest BCUT2D eigenvalue weighted by Crippen LogP contribution is 2.60. The van der Waals surface area contributed by atoms with Crippen LogP contribution in [0.3, 0.4) is 0 Å². The van der Waals surface area contributed by atoms with Crippen LogP contribution in [0.25, 0.3) is 44.2 Å². The van der Waals surface area contributed by atoms with Crippen molar-refractivity contribution in [3.05, 3.63) is 263 Å². The number of benzene rings is 9. The van der Waals surface area contributed by atoms with Gasteiger partial charge in [-0.15, -0.1) is 0 Å². The molecule has 3 heteroatoms. The first-order valence-electron chi connectivity index (χ1n) is 20.3. The molecule has 59 heavy (non-hydrogen) atoms. The van der Waals surface area contributed by atoms with Gasteiger partial charge in [-0.05, 0) is 84.1 Å². The molecule has 1 atom stereocenters. The average Bonchev–Trinajstić information content (AvgIpc) is 3.64. The maximum Gasteiger partial charge on any atom is 0.159 e. The number of nitrogens with zero attached hydrogens (tertiary/aromatic N) is 2. The normalized spacial score (nSPS) is 15.1. The molecule has 3 nitrogen and oxygen atoms in total. The van der Waals surface area contributed by atoms with Gasteiger partial charge in [0.2, 0.25) is 0 Å². The predicted molar refractivity (Wildman–Crippen MR) is 244 cm³/mol. The lowest BCUT2D eigenvalue weighted by atomic mass is 9.66. The summed E-state index contributed by atoms with van der Waals surface area (Å²) in [5.41, 5.74) is 14.7. The second kappa shape index (κ2) is 14.4. The zero-order valence-corrected chi connectivity index (χ0v) is 32.3. The summed E-state index contributed by atoms with van der Waals surface area (Å²) in [7, 11) is 0. The van der Waals surface area contributed by atoms with E-state index in [0.717, 1.165) is 28.1 Å². The van der Waals surface area contributed by atoms with Crippen molar-refractivity contribution in [1.29, 1.82) is 0 Å². The zero-order chi connectivity index (χ0) is 39.2. The fourth-order valence-corrected chi connectivity index (χ4v) is 9.33. The molecular weight excluding hydrogens is 715 g/mol. The van der Waals surface area contributed by atoms with E-state index >= 15 is 0 Å². The molecule has 0 saturated carbocycles. The lowest BCUT2D eigenvalue weighted by Crippen LogP contribution is -2.34. The van der Waals surface area contributed by atoms with Crippen molar-refractivity contribution >= 4 is 22.4 Å². The number of hydrogen-bond donors (Lipinski definition) is 1. The smallest absolute Gasteiger partial charge is 0.159 e. The first kappa shape index (κ1) is 34.6. The van der Waals surface area contributed by atoms with Gasteiger partial charge >= 0.3 is 0 Å². The van der Waals surface area contributed by atoms with Gasteiger partial charge in [-0.1, -0.05) is 212 Å². The molecule has 1 unspecified atom stereocenters. The number of hydrogen-bond acceptors (Lipinski definition) is 3. The summed E-state index contributed by atoms with van der Waals surface area (Å²) in [6, 6.07) is 80.8. The Hall–Kier alpha value is -7.62. The van der Waals surface area contributed by atoms with Gasteiger partial charge < -0.3 is 5.32 Å². The molecular formula is C56H39N3. The Morgan fingerprint density at radius 3 is 1.59 bits per heavy atom. The van der Waals surface area contributed by atoms with Crippen LogP contribution in [0.4, 0.5) is 0 Å². The van der Waals surface area contributed by atoms with Crippen LogP contribution in [-0.4, -0.2) is 11.7 Å². The lowest BCUT2D eigenvalue weighted by molar-refractivity contribution is 0.670. The van der Waals surface area contributed by atoms with Crippen LogP contribution in [0, 0.1) is 0 Å². The van der Waals surface area contributed by atoms with Crippen LogP contribution in [0.1, 0.15) is 45.1 Å². The van der Waals surface area contributed by atoms with Gasteiger partial charge in [0.25, 0.3) is 0 Å². The molecule has 0 aromatic heterocycles. The van der Waals surface area contributed by atoms with E-state index in [4.69, 9.17) is 9.98 Å². The van der Waals surface area contributed by atoms with Gasteiger partial charge in [0.1, 0.15) is 12.0 Å². The molecule has 9 aromatic carbocycles. The highest BCUT2D eigenvalue weighted by molar-refractivity contribution is 6.13. The number of amidine groups is 2. The Morgan fingerprint density at radius 1 is 0.424 bits per heavy atom. The van der Waals surface area contributed by atoms with Crippen molar-refractivity contribution in [3.8, 4) is 33.4 Å². The van der Waals surface area contributed by atoms with Crippen molar-refractivity contribution in [2.75, 3.05) is 0 Å². The molecule has 0 spiro atoms. The second-order valence-electron chi connectivity index (χ2n) is 15.3. The van der Waals surface area contributed by atoms with Crippen LogP contribution in [-0.2, 0) is 5.41 Å².